The quantitative estimate of drug-likeness (QED) is 0.319. The van der Waals surface area contributed by atoms with Gasteiger partial charge >= 0.3 is 0 Å². The molecule has 0 unspecified atom stereocenters. The van der Waals surface area contributed by atoms with Crippen molar-refractivity contribution in [3.05, 3.63) is 60.9 Å². The van der Waals surface area contributed by atoms with E-state index >= 15 is 0 Å². The Balaban J connectivity index is 0.00000110. The number of hydrogen-bond acceptors (Lipinski definition) is 2. The Bertz CT molecular complexity index is 666. The van der Waals surface area contributed by atoms with E-state index in [1.165, 1.54) is 10.8 Å². The molecular weight excluding hydrogens is 412 g/mol. The van der Waals surface area contributed by atoms with Crippen molar-refractivity contribution in [1.29, 1.82) is 0 Å². The summed E-state index contributed by atoms with van der Waals surface area (Å²) in [6.07, 6.45) is 3.47. The third-order valence-corrected chi connectivity index (χ3v) is 3.26. The van der Waals surface area contributed by atoms with Gasteiger partial charge in [-0.25, -0.2) is 0 Å². The van der Waals surface area contributed by atoms with Gasteiger partial charge in [0.15, 0.2) is 0 Å². The minimum absolute atomic E-state index is 0. The molecule has 0 saturated carbocycles. The smallest absolute Gasteiger partial charge is 0.0545 e. The molecule has 2 nitrogen and oxygen atoms in total. The predicted octanol–water partition coefficient (Wildman–Crippen LogP) is 3.73. The van der Waals surface area contributed by atoms with Gasteiger partial charge in [0.2, 0.25) is 0 Å². The van der Waals surface area contributed by atoms with Crippen LogP contribution < -0.4 is 0 Å². The maximum absolute atomic E-state index is 4.48. The summed E-state index contributed by atoms with van der Waals surface area (Å²) in [5, 5.41) is 4.57. The first-order valence-electron chi connectivity index (χ1n) is 5.87. The van der Waals surface area contributed by atoms with E-state index in [4.69, 9.17) is 0 Å². The molecule has 0 N–H and O–H groups in total. The van der Waals surface area contributed by atoms with Gasteiger partial charge in [0.05, 0.1) is 5.52 Å². The fourth-order valence-corrected chi connectivity index (χ4v) is 2.50. The Hall–Kier alpha value is -1.83. The molecule has 0 spiro atoms. The van der Waals surface area contributed by atoms with Crippen LogP contribution in [0.1, 0.15) is 0 Å². The van der Waals surface area contributed by atoms with Gasteiger partial charge in [0.25, 0.3) is 0 Å². The first-order chi connectivity index (χ1) is 8.95. The van der Waals surface area contributed by atoms with Gasteiger partial charge in [-0.05, 0) is 5.39 Å². The fraction of sp³-hybridized carbons (Fsp3) is 0. The third kappa shape index (κ3) is 1.74. The second kappa shape index (κ2) is 4.69. The van der Waals surface area contributed by atoms with Crippen LogP contribution >= 0.6 is 0 Å². The Morgan fingerprint density at radius 1 is 0.737 bits per heavy atom. The van der Waals surface area contributed by atoms with E-state index in [0.717, 1.165) is 21.8 Å². The van der Waals surface area contributed by atoms with Crippen molar-refractivity contribution < 1.29 is 20.1 Å². The maximum Gasteiger partial charge on any atom is 0.0545 e. The summed E-state index contributed by atoms with van der Waals surface area (Å²) in [5.41, 5.74) is 1.87. The van der Waals surface area contributed by atoms with E-state index in [1.807, 2.05) is 18.2 Å². The molecule has 3 heteroatoms. The Labute approximate surface area is 123 Å². The van der Waals surface area contributed by atoms with E-state index in [9.17, 15) is 0 Å². The number of aromatic nitrogens is 2. The summed E-state index contributed by atoms with van der Waals surface area (Å²) in [6, 6.07) is 17.6. The summed E-state index contributed by atoms with van der Waals surface area (Å²) >= 11 is 0. The first kappa shape index (κ1) is 12.2. The molecule has 1 aromatic heterocycles. The number of rotatable bonds is 0. The van der Waals surface area contributed by atoms with Crippen molar-refractivity contribution >= 4 is 32.6 Å². The standard InChI is InChI=1S/C16H9N2.Ir/c1-3-7-13-11(5-1)12-6-2-4-8-14(12)16-15(13)17-9-10-18-16;/h1-7,9-10H;/q-1;. The molecule has 0 aliphatic rings. The van der Waals surface area contributed by atoms with Crippen molar-refractivity contribution in [2.24, 2.45) is 0 Å². The average molecular weight is 421 g/mol. The second-order valence-corrected chi connectivity index (χ2v) is 4.26. The van der Waals surface area contributed by atoms with Crippen LogP contribution in [0.4, 0.5) is 0 Å². The SMILES string of the molecule is [Ir].[c-]1cccc2c1c1nccnc1c1ccccc21. The molecule has 0 aliphatic heterocycles. The summed E-state index contributed by atoms with van der Waals surface area (Å²) in [7, 11) is 0. The van der Waals surface area contributed by atoms with Crippen molar-refractivity contribution in [1.82, 2.24) is 9.97 Å². The van der Waals surface area contributed by atoms with E-state index in [1.54, 1.807) is 12.4 Å². The number of benzene rings is 3. The van der Waals surface area contributed by atoms with Crippen molar-refractivity contribution in [2.75, 3.05) is 0 Å². The Kier molecular flexibility index (Phi) is 3.01. The zero-order chi connectivity index (χ0) is 11.9. The van der Waals surface area contributed by atoms with Gasteiger partial charge < -0.3 is 4.98 Å². The molecule has 4 rings (SSSR count). The molecule has 3 aromatic carbocycles. The van der Waals surface area contributed by atoms with E-state index < -0.39 is 0 Å². The molecule has 0 saturated heterocycles. The normalized spacial score (nSPS) is 10.7. The molecule has 93 valence electrons. The summed E-state index contributed by atoms with van der Waals surface area (Å²) in [6.45, 7) is 0. The molecule has 0 atom stereocenters. The van der Waals surface area contributed by atoms with E-state index in [0.29, 0.717) is 0 Å². The monoisotopic (exact) mass is 422 g/mol. The molecule has 0 amide bonds. The molecular formula is C16H9IrN2-. The van der Waals surface area contributed by atoms with Crippen LogP contribution in [0.15, 0.2) is 54.9 Å². The summed E-state index contributed by atoms with van der Waals surface area (Å²) < 4.78 is 0. The van der Waals surface area contributed by atoms with Crippen molar-refractivity contribution in [3.8, 4) is 0 Å². The summed E-state index contributed by atoms with van der Waals surface area (Å²) in [5.74, 6) is 0. The zero-order valence-corrected chi connectivity index (χ0v) is 12.3. The molecule has 0 fully saturated rings. The van der Waals surface area contributed by atoms with Gasteiger partial charge in [-0.1, -0.05) is 35.0 Å². The molecule has 0 bridgehead atoms. The zero-order valence-electron chi connectivity index (χ0n) is 9.92. The topological polar surface area (TPSA) is 25.8 Å². The van der Waals surface area contributed by atoms with Gasteiger partial charge in [0, 0.05) is 38.0 Å². The fourth-order valence-electron chi connectivity index (χ4n) is 2.50. The first-order valence-corrected chi connectivity index (χ1v) is 5.87. The molecule has 1 radical (unpaired) electrons. The van der Waals surface area contributed by atoms with Gasteiger partial charge in [-0.15, -0.1) is 29.7 Å². The number of nitrogens with zero attached hydrogens (tertiary/aromatic N) is 2. The summed E-state index contributed by atoms with van der Waals surface area (Å²) in [4.78, 5) is 8.94. The Morgan fingerprint density at radius 2 is 1.42 bits per heavy atom. The second-order valence-electron chi connectivity index (χ2n) is 4.26. The van der Waals surface area contributed by atoms with Gasteiger partial charge in [-0.3, -0.25) is 4.98 Å². The third-order valence-electron chi connectivity index (χ3n) is 3.26. The minimum atomic E-state index is 0. The number of hydrogen-bond donors (Lipinski definition) is 0. The van der Waals surface area contributed by atoms with Crippen LogP contribution in [0.3, 0.4) is 0 Å². The van der Waals surface area contributed by atoms with Crippen LogP contribution in [-0.2, 0) is 20.1 Å². The number of fused-ring (bicyclic) bond motifs is 6. The van der Waals surface area contributed by atoms with Gasteiger partial charge in [0.1, 0.15) is 0 Å². The van der Waals surface area contributed by atoms with Crippen molar-refractivity contribution in [3.63, 3.8) is 0 Å². The van der Waals surface area contributed by atoms with Crippen LogP contribution in [0.2, 0.25) is 0 Å². The van der Waals surface area contributed by atoms with Crippen LogP contribution in [-0.4, -0.2) is 9.97 Å². The molecule has 4 aromatic rings. The van der Waals surface area contributed by atoms with Gasteiger partial charge in [-0.2, -0.15) is 0 Å². The van der Waals surface area contributed by atoms with Crippen molar-refractivity contribution in [2.45, 2.75) is 0 Å². The van der Waals surface area contributed by atoms with Crippen LogP contribution in [0.25, 0.3) is 32.6 Å². The average Bonchev–Trinajstić information content (AvgIpc) is 2.48. The van der Waals surface area contributed by atoms with E-state index in [2.05, 4.69) is 40.3 Å². The maximum atomic E-state index is 4.48. The van der Waals surface area contributed by atoms with Crippen LogP contribution in [0, 0.1) is 6.07 Å². The van der Waals surface area contributed by atoms with Crippen LogP contribution in [0.5, 0.6) is 0 Å². The molecule has 1 heterocycles. The largest absolute Gasteiger partial charge is 0.301 e. The predicted molar refractivity (Wildman–Crippen MR) is 73.4 cm³/mol. The molecule has 19 heavy (non-hydrogen) atoms. The Morgan fingerprint density at radius 3 is 2.26 bits per heavy atom. The van der Waals surface area contributed by atoms with E-state index in [-0.39, 0.29) is 20.1 Å². The molecule has 0 aliphatic carbocycles. The minimum Gasteiger partial charge on any atom is -0.301 e.